The molecule has 3 aliphatic rings. The van der Waals surface area contributed by atoms with Gasteiger partial charge in [0.15, 0.2) is 0 Å². The van der Waals surface area contributed by atoms with E-state index in [0.717, 1.165) is 22.5 Å². The lowest BCUT2D eigenvalue weighted by atomic mass is 9.73. The van der Waals surface area contributed by atoms with Gasteiger partial charge < -0.3 is 5.32 Å². The van der Waals surface area contributed by atoms with Crippen molar-refractivity contribution in [3.8, 4) is 0 Å². The largest absolute Gasteiger partial charge is 0.314 e. The first-order valence-electron chi connectivity index (χ1n) is 6.92. The topological polar surface area (TPSA) is 12.0 Å². The fourth-order valence-corrected chi connectivity index (χ4v) is 7.09. The molecule has 2 saturated heterocycles. The van der Waals surface area contributed by atoms with E-state index in [2.05, 4.69) is 28.8 Å². The Morgan fingerprint density at radius 1 is 0.812 bits per heavy atom. The van der Waals surface area contributed by atoms with E-state index in [-0.39, 0.29) is 0 Å². The monoisotopic (exact) mass is 257 g/mol. The first-order chi connectivity index (χ1) is 7.95. The maximum absolute atomic E-state index is 3.77. The van der Waals surface area contributed by atoms with E-state index in [4.69, 9.17) is 0 Å². The van der Waals surface area contributed by atoms with E-state index in [9.17, 15) is 0 Å². The molecule has 3 heteroatoms. The number of hydrogen-bond acceptors (Lipinski definition) is 3. The highest BCUT2D eigenvalue weighted by Crippen LogP contribution is 2.46. The number of thioether (sulfide) groups is 2. The average Bonchev–Trinajstić information content (AvgIpc) is 2.39. The second-order valence-corrected chi connectivity index (χ2v) is 8.22. The Morgan fingerprint density at radius 3 is 2.50 bits per heavy atom. The zero-order chi connectivity index (χ0) is 10.8. The fraction of sp³-hybridized carbons (Fsp3) is 1.00. The van der Waals surface area contributed by atoms with Gasteiger partial charge in [0.1, 0.15) is 0 Å². The quantitative estimate of drug-likeness (QED) is 0.774. The van der Waals surface area contributed by atoms with Crippen LogP contribution in [0.2, 0.25) is 0 Å². The predicted molar refractivity (Wildman–Crippen MR) is 75.2 cm³/mol. The third kappa shape index (κ3) is 2.41. The van der Waals surface area contributed by atoms with Crippen molar-refractivity contribution in [3.05, 3.63) is 0 Å². The van der Waals surface area contributed by atoms with Crippen LogP contribution in [0.3, 0.4) is 0 Å². The Morgan fingerprint density at radius 2 is 1.62 bits per heavy atom. The summed E-state index contributed by atoms with van der Waals surface area (Å²) in [6.07, 6.45) is 8.78. The minimum atomic E-state index is 0.871. The number of hydrogen-bond donors (Lipinski definition) is 1. The summed E-state index contributed by atoms with van der Waals surface area (Å²) in [5.74, 6) is 4.85. The van der Waals surface area contributed by atoms with Gasteiger partial charge in [0, 0.05) is 6.04 Å². The van der Waals surface area contributed by atoms with Crippen molar-refractivity contribution in [1.29, 1.82) is 0 Å². The molecule has 0 bridgehead atoms. The first-order valence-corrected chi connectivity index (χ1v) is 9.01. The molecule has 1 aliphatic carbocycles. The highest BCUT2D eigenvalue weighted by molar-refractivity contribution is 8.17. The summed E-state index contributed by atoms with van der Waals surface area (Å²) in [7, 11) is 0. The summed E-state index contributed by atoms with van der Waals surface area (Å²) < 4.78 is 0.932. The fourth-order valence-electron chi connectivity index (χ4n) is 3.69. The van der Waals surface area contributed by atoms with E-state index in [1.54, 1.807) is 0 Å². The average molecular weight is 257 g/mol. The molecule has 0 aromatic heterocycles. The number of fused-ring (bicyclic) bond motifs is 1. The van der Waals surface area contributed by atoms with Crippen LogP contribution in [0.1, 0.15) is 38.5 Å². The van der Waals surface area contributed by atoms with Crippen molar-refractivity contribution in [3.63, 3.8) is 0 Å². The van der Waals surface area contributed by atoms with Crippen LogP contribution in [0.25, 0.3) is 0 Å². The summed E-state index contributed by atoms with van der Waals surface area (Å²) in [5, 5.41) is 3.77. The van der Waals surface area contributed by atoms with Crippen LogP contribution < -0.4 is 5.32 Å². The minimum Gasteiger partial charge on any atom is -0.314 e. The Balaban J connectivity index is 1.67. The second-order valence-electron chi connectivity index (χ2n) is 5.42. The van der Waals surface area contributed by atoms with Crippen LogP contribution in [0.15, 0.2) is 0 Å². The molecule has 92 valence electrons. The van der Waals surface area contributed by atoms with Gasteiger partial charge in [-0.15, -0.1) is 23.5 Å². The number of piperidine rings is 1. The third-order valence-electron chi connectivity index (χ3n) is 4.44. The lowest BCUT2D eigenvalue weighted by Crippen LogP contribution is -2.48. The Bertz CT molecular complexity index is 226. The molecule has 1 saturated carbocycles. The van der Waals surface area contributed by atoms with Gasteiger partial charge in [-0.05, 0) is 62.0 Å². The van der Waals surface area contributed by atoms with Crippen molar-refractivity contribution in [1.82, 2.24) is 5.32 Å². The molecule has 0 aromatic rings. The van der Waals surface area contributed by atoms with Crippen molar-refractivity contribution in [2.75, 3.05) is 18.1 Å². The predicted octanol–water partition coefficient (Wildman–Crippen LogP) is 3.35. The summed E-state index contributed by atoms with van der Waals surface area (Å²) >= 11 is 4.52. The molecule has 2 aliphatic heterocycles. The van der Waals surface area contributed by atoms with Gasteiger partial charge in [0.2, 0.25) is 0 Å². The minimum absolute atomic E-state index is 0.871. The van der Waals surface area contributed by atoms with Crippen LogP contribution >= 0.6 is 23.5 Å². The zero-order valence-electron chi connectivity index (χ0n) is 9.99. The molecule has 0 aromatic carbocycles. The van der Waals surface area contributed by atoms with E-state index in [0.29, 0.717) is 0 Å². The number of nitrogens with one attached hydrogen (secondary N) is 1. The van der Waals surface area contributed by atoms with Crippen LogP contribution in [-0.4, -0.2) is 28.7 Å². The van der Waals surface area contributed by atoms with E-state index >= 15 is 0 Å². The molecule has 1 nitrogen and oxygen atoms in total. The zero-order valence-corrected chi connectivity index (χ0v) is 11.6. The summed E-state index contributed by atoms with van der Waals surface area (Å²) in [5.41, 5.74) is 0. The Labute approximate surface area is 108 Å². The van der Waals surface area contributed by atoms with Crippen LogP contribution in [-0.2, 0) is 0 Å². The molecule has 3 atom stereocenters. The third-order valence-corrected chi connectivity index (χ3v) is 7.66. The van der Waals surface area contributed by atoms with Crippen LogP contribution in [0, 0.1) is 11.8 Å². The molecule has 2 heterocycles. The standard InChI is InChI=1S/C13H23NS2/c1-4-11(13-15-8-3-9-16-13)10-5-2-7-14-12(10)6-1/h10-14H,1-9H2/t10-,11+,12-/m0/s1. The highest BCUT2D eigenvalue weighted by atomic mass is 32.2. The maximum atomic E-state index is 3.77. The Kier molecular flexibility index (Phi) is 4.06. The van der Waals surface area contributed by atoms with Gasteiger partial charge in [-0.25, -0.2) is 0 Å². The van der Waals surface area contributed by atoms with Gasteiger partial charge >= 0.3 is 0 Å². The second kappa shape index (κ2) is 5.53. The van der Waals surface area contributed by atoms with Crippen LogP contribution in [0.5, 0.6) is 0 Å². The molecule has 0 unspecified atom stereocenters. The van der Waals surface area contributed by atoms with Crippen LogP contribution in [0.4, 0.5) is 0 Å². The molecule has 0 radical (unpaired) electrons. The lowest BCUT2D eigenvalue weighted by Gasteiger charge is -2.45. The molecular formula is C13H23NS2. The Hall–Kier alpha value is 0.660. The van der Waals surface area contributed by atoms with Gasteiger partial charge in [-0.3, -0.25) is 0 Å². The highest BCUT2D eigenvalue weighted by Gasteiger charge is 2.39. The van der Waals surface area contributed by atoms with Gasteiger partial charge in [-0.1, -0.05) is 6.42 Å². The molecular weight excluding hydrogens is 234 g/mol. The van der Waals surface area contributed by atoms with Crippen molar-refractivity contribution < 1.29 is 0 Å². The van der Waals surface area contributed by atoms with Gasteiger partial charge in [0.05, 0.1) is 4.58 Å². The van der Waals surface area contributed by atoms with Crippen molar-refractivity contribution in [2.24, 2.45) is 11.8 Å². The smallest absolute Gasteiger partial charge is 0.0533 e. The lowest BCUT2D eigenvalue weighted by molar-refractivity contribution is 0.148. The maximum Gasteiger partial charge on any atom is 0.0533 e. The molecule has 0 amide bonds. The molecule has 0 spiro atoms. The molecule has 16 heavy (non-hydrogen) atoms. The van der Waals surface area contributed by atoms with Gasteiger partial charge in [0.25, 0.3) is 0 Å². The SMILES string of the molecule is C1CSC([C@@H]2CCC[C@@H]3NCCC[C@H]32)SC1. The molecule has 1 N–H and O–H groups in total. The van der Waals surface area contributed by atoms with Crippen molar-refractivity contribution in [2.45, 2.75) is 49.1 Å². The summed E-state index contributed by atoms with van der Waals surface area (Å²) in [6, 6.07) is 0.871. The summed E-state index contributed by atoms with van der Waals surface area (Å²) in [6.45, 7) is 1.28. The molecule has 3 fully saturated rings. The van der Waals surface area contributed by atoms with Crippen molar-refractivity contribution >= 4 is 23.5 Å². The number of rotatable bonds is 1. The van der Waals surface area contributed by atoms with E-state index in [1.165, 1.54) is 56.6 Å². The summed E-state index contributed by atoms with van der Waals surface area (Å²) in [4.78, 5) is 0. The molecule has 3 rings (SSSR count). The van der Waals surface area contributed by atoms with Gasteiger partial charge in [-0.2, -0.15) is 0 Å². The first kappa shape index (κ1) is 11.7. The normalized spacial score (nSPS) is 41.6. The van der Waals surface area contributed by atoms with E-state index < -0.39 is 0 Å². The van der Waals surface area contributed by atoms with E-state index in [1.807, 2.05) is 0 Å².